The zero-order chi connectivity index (χ0) is 22.2. The molecule has 2 N–H and O–H groups in total. The Balaban J connectivity index is 1.66. The molecule has 4 aromatic rings. The van der Waals surface area contributed by atoms with Crippen LogP contribution in [0.2, 0.25) is 0 Å². The van der Waals surface area contributed by atoms with Crippen LogP contribution < -0.4 is 9.64 Å². The number of hydrogen-bond donors (Lipinski definition) is 2. The van der Waals surface area contributed by atoms with Gasteiger partial charge in [0, 0.05) is 16.8 Å². The molecule has 0 bridgehead atoms. The highest BCUT2D eigenvalue weighted by Crippen LogP contribution is 2.45. The summed E-state index contributed by atoms with van der Waals surface area (Å²) in [5.41, 5.74) is 4.46. The quantitative estimate of drug-likeness (QED) is 0.490. The predicted octanol–water partition coefficient (Wildman–Crippen LogP) is 4.53. The van der Waals surface area contributed by atoms with Crippen molar-refractivity contribution in [2.75, 3.05) is 12.0 Å². The Bertz CT molecular complexity index is 1300. The number of nitrogens with one attached hydrogen (secondary N) is 1. The van der Waals surface area contributed by atoms with Gasteiger partial charge in [0.25, 0.3) is 5.91 Å². The van der Waals surface area contributed by atoms with Crippen molar-refractivity contribution in [3.63, 3.8) is 0 Å². The molecule has 7 heteroatoms. The van der Waals surface area contributed by atoms with Crippen LogP contribution in [0, 0.1) is 0 Å². The second-order valence-corrected chi connectivity index (χ2v) is 7.43. The second kappa shape index (κ2) is 7.70. The molecule has 1 atom stereocenters. The summed E-state index contributed by atoms with van der Waals surface area (Å²) in [6, 6.07) is 23.1. The number of methoxy groups -OCH3 is 1. The summed E-state index contributed by atoms with van der Waals surface area (Å²) in [5, 5.41) is 16.6. The van der Waals surface area contributed by atoms with Crippen molar-refractivity contribution in [2.24, 2.45) is 0 Å². The van der Waals surface area contributed by atoms with Crippen LogP contribution in [0.1, 0.15) is 38.0 Å². The largest absolute Gasteiger partial charge is 0.497 e. The standard InChI is InChI=1S/C25H19N3O4/c1-32-19-13-9-15(10-14-19)21-20-22(27-26-21)24(29)28(23(20)16-5-3-2-4-6-16)18-11-7-17(8-12-18)25(30)31/h2-14,23H,1H3,(H,26,27)(H,30,31). The molecule has 158 valence electrons. The van der Waals surface area contributed by atoms with Gasteiger partial charge in [0.15, 0.2) is 0 Å². The Morgan fingerprint density at radius 3 is 2.31 bits per heavy atom. The van der Waals surface area contributed by atoms with Crippen LogP contribution >= 0.6 is 0 Å². The lowest BCUT2D eigenvalue weighted by Gasteiger charge is -2.26. The number of fused-ring (bicyclic) bond motifs is 1. The molecule has 2 heterocycles. The van der Waals surface area contributed by atoms with E-state index >= 15 is 0 Å². The molecule has 0 spiro atoms. The summed E-state index contributed by atoms with van der Waals surface area (Å²) < 4.78 is 5.26. The number of carbonyl (C=O) groups is 2. The number of aromatic carboxylic acids is 1. The SMILES string of the molecule is COc1ccc(-c2n[nH]c3c2C(c2ccccc2)N(c2ccc(C(=O)O)cc2)C3=O)cc1. The number of carboxylic acid groups (broad SMARTS) is 1. The van der Waals surface area contributed by atoms with Crippen molar-refractivity contribution in [1.82, 2.24) is 10.2 Å². The lowest BCUT2D eigenvalue weighted by molar-refractivity contribution is 0.0696. The van der Waals surface area contributed by atoms with Gasteiger partial charge in [-0.25, -0.2) is 4.79 Å². The summed E-state index contributed by atoms with van der Waals surface area (Å²) in [5.74, 6) is -0.499. The van der Waals surface area contributed by atoms with Crippen molar-refractivity contribution >= 4 is 17.6 Å². The first-order valence-electron chi connectivity index (χ1n) is 10.0. The Labute approximate surface area is 183 Å². The van der Waals surface area contributed by atoms with E-state index in [4.69, 9.17) is 4.74 Å². The van der Waals surface area contributed by atoms with E-state index in [-0.39, 0.29) is 11.5 Å². The van der Waals surface area contributed by atoms with Gasteiger partial charge in [-0.15, -0.1) is 0 Å². The lowest BCUT2D eigenvalue weighted by atomic mass is 9.96. The first kappa shape index (κ1) is 19.6. The maximum absolute atomic E-state index is 13.5. The summed E-state index contributed by atoms with van der Waals surface area (Å²) in [4.78, 5) is 26.4. The molecule has 0 radical (unpaired) electrons. The summed E-state index contributed by atoms with van der Waals surface area (Å²) in [7, 11) is 1.61. The highest BCUT2D eigenvalue weighted by Gasteiger charge is 2.43. The molecule has 1 unspecified atom stereocenters. The number of rotatable bonds is 5. The Hall–Kier alpha value is -4.39. The van der Waals surface area contributed by atoms with Crippen LogP contribution in [-0.2, 0) is 0 Å². The summed E-state index contributed by atoms with van der Waals surface area (Å²) in [6.45, 7) is 0. The van der Waals surface area contributed by atoms with Crippen LogP contribution in [0.3, 0.4) is 0 Å². The average Bonchev–Trinajstić information content (AvgIpc) is 3.38. The van der Waals surface area contributed by atoms with Gasteiger partial charge in [-0.05, 0) is 54.1 Å². The van der Waals surface area contributed by atoms with Gasteiger partial charge in [-0.2, -0.15) is 5.10 Å². The molecule has 0 saturated carbocycles. The van der Waals surface area contributed by atoms with Gasteiger partial charge in [0.1, 0.15) is 11.4 Å². The molecule has 1 aliphatic rings. The van der Waals surface area contributed by atoms with E-state index in [1.54, 1.807) is 24.1 Å². The molecule has 1 aliphatic heterocycles. The predicted molar refractivity (Wildman–Crippen MR) is 119 cm³/mol. The van der Waals surface area contributed by atoms with Gasteiger partial charge in [0.2, 0.25) is 0 Å². The van der Waals surface area contributed by atoms with Crippen LogP contribution in [0.15, 0.2) is 78.9 Å². The average molecular weight is 425 g/mol. The van der Waals surface area contributed by atoms with Crippen LogP contribution in [-0.4, -0.2) is 34.3 Å². The maximum atomic E-state index is 13.5. The molecule has 0 saturated heterocycles. The molecule has 1 aromatic heterocycles. The highest BCUT2D eigenvalue weighted by molar-refractivity contribution is 6.11. The Kier molecular flexibility index (Phi) is 4.71. The zero-order valence-corrected chi connectivity index (χ0v) is 17.1. The summed E-state index contributed by atoms with van der Waals surface area (Å²) in [6.07, 6.45) is 0. The van der Waals surface area contributed by atoms with Crippen LogP contribution in [0.5, 0.6) is 5.75 Å². The van der Waals surface area contributed by atoms with Crippen molar-refractivity contribution in [2.45, 2.75) is 6.04 Å². The van der Waals surface area contributed by atoms with E-state index in [2.05, 4.69) is 10.2 Å². The molecule has 7 nitrogen and oxygen atoms in total. The fourth-order valence-electron chi connectivity index (χ4n) is 4.10. The minimum atomic E-state index is -1.01. The van der Waals surface area contributed by atoms with Gasteiger partial charge >= 0.3 is 5.97 Å². The third kappa shape index (κ3) is 3.11. The van der Waals surface area contributed by atoms with Gasteiger partial charge in [-0.1, -0.05) is 30.3 Å². The number of anilines is 1. The summed E-state index contributed by atoms with van der Waals surface area (Å²) >= 11 is 0. The van der Waals surface area contributed by atoms with Crippen molar-refractivity contribution in [3.05, 3.63) is 101 Å². The molecular formula is C25H19N3O4. The fourth-order valence-corrected chi connectivity index (χ4v) is 4.10. The smallest absolute Gasteiger partial charge is 0.335 e. The number of H-pyrrole nitrogens is 1. The zero-order valence-electron chi connectivity index (χ0n) is 17.1. The molecular weight excluding hydrogens is 406 g/mol. The third-order valence-corrected chi connectivity index (χ3v) is 5.64. The number of nitrogens with zero attached hydrogens (tertiary/aromatic N) is 2. The first-order chi connectivity index (χ1) is 15.6. The third-order valence-electron chi connectivity index (χ3n) is 5.64. The minimum Gasteiger partial charge on any atom is -0.497 e. The number of hydrogen-bond acceptors (Lipinski definition) is 4. The van der Waals surface area contributed by atoms with Crippen molar-refractivity contribution < 1.29 is 19.4 Å². The fraction of sp³-hybridized carbons (Fsp3) is 0.0800. The van der Waals surface area contributed by atoms with Crippen molar-refractivity contribution in [3.8, 4) is 17.0 Å². The molecule has 0 fully saturated rings. The number of carbonyl (C=O) groups excluding carboxylic acids is 1. The number of amides is 1. The van der Waals surface area contributed by atoms with Crippen molar-refractivity contribution in [1.29, 1.82) is 0 Å². The molecule has 0 aliphatic carbocycles. The maximum Gasteiger partial charge on any atom is 0.335 e. The molecule has 32 heavy (non-hydrogen) atoms. The highest BCUT2D eigenvalue weighted by atomic mass is 16.5. The molecule has 5 rings (SSSR count). The Morgan fingerprint density at radius 1 is 1.00 bits per heavy atom. The topological polar surface area (TPSA) is 95.5 Å². The molecule has 1 amide bonds. The van der Waals surface area contributed by atoms with E-state index < -0.39 is 12.0 Å². The molecule has 3 aromatic carbocycles. The van der Waals surface area contributed by atoms with E-state index in [0.717, 1.165) is 22.4 Å². The first-order valence-corrected chi connectivity index (χ1v) is 10.0. The number of benzene rings is 3. The number of aromatic amines is 1. The van der Waals surface area contributed by atoms with Gasteiger partial charge in [-0.3, -0.25) is 14.8 Å². The van der Waals surface area contributed by atoms with Crippen LogP contribution in [0.4, 0.5) is 5.69 Å². The Morgan fingerprint density at radius 2 is 1.69 bits per heavy atom. The van der Waals surface area contributed by atoms with Gasteiger partial charge < -0.3 is 9.84 Å². The number of aromatic nitrogens is 2. The van der Waals surface area contributed by atoms with Crippen LogP contribution in [0.25, 0.3) is 11.3 Å². The van der Waals surface area contributed by atoms with E-state index in [9.17, 15) is 14.7 Å². The lowest BCUT2D eigenvalue weighted by Crippen LogP contribution is -2.29. The number of carboxylic acids is 1. The normalized spacial score (nSPS) is 15.0. The van der Waals surface area contributed by atoms with E-state index in [1.807, 2.05) is 54.6 Å². The number of ether oxygens (including phenoxy) is 1. The second-order valence-electron chi connectivity index (χ2n) is 7.43. The minimum absolute atomic E-state index is 0.163. The van der Waals surface area contributed by atoms with E-state index in [0.29, 0.717) is 17.1 Å². The van der Waals surface area contributed by atoms with E-state index in [1.165, 1.54) is 12.1 Å². The van der Waals surface area contributed by atoms with Gasteiger partial charge in [0.05, 0.1) is 24.4 Å². The monoisotopic (exact) mass is 425 g/mol.